The molecule has 6 unspecified atom stereocenters. The number of aliphatic hydroxyl groups excluding tert-OH is 2. The van der Waals surface area contributed by atoms with Crippen molar-refractivity contribution in [1.82, 2.24) is 0 Å². The van der Waals surface area contributed by atoms with Crippen molar-refractivity contribution < 1.29 is 24.4 Å². The van der Waals surface area contributed by atoms with E-state index >= 15 is 0 Å². The molecule has 21 heavy (non-hydrogen) atoms. The van der Waals surface area contributed by atoms with Gasteiger partial charge in [-0.05, 0) is 44.4 Å². The molecule has 2 N–H and O–H groups in total. The molecule has 2 aliphatic heterocycles. The highest BCUT2D eigenvalue weighted by Gasteiger charge is 2.38. The van der Waals surface area contributed by atoms with Gasteiger partial charge in [-0.15, -0.1) is 0 Å². The zero-order chi connectivity index (χ0) is 15.2. The second-order valence-corrected chi connectivity index (χ2v) is 6.41. The normalized spacial score (nSPS) is 43.4. The van der Waals surface area contributed by atoms with Gasteiger partial charge in [-0.1, -0.05) is 12.8 Å². The molecule has 0 aliphatic carbocycles. The van der Waals surface area contributed by atoms with Crippen LogP contribution in [0.15, 0.2) is 0 Å². The van der Waals surface area contributed by atoms with Gasteiger partial charge in [-0.3, -0.25) is 0 Å². The van der Waals surface area contributed by atoms with Gasteiger partial charge in [-0.25, -0.2) is 0 Å². The smallest absolute Gasteiger partial charge is 0.157 e. The number of aliphatic hydroxyl groups is 2. The van der Waals surface area contributed by atoms with Crippen LogP contribution in [0.4, 0.5) is 0 Å². The monoisotopic (exact) mass is 302 g/mol. The average molecular weight is 302 g/mol. The van der Waals surface area contributed by atoms with Crippen molar-refractivity contribution in [3.63, 3.8) is 0 Å². The topological polar surface area (TPSA) is 68.2 Å². The van der Waals surface area contributed by atoms with Crippen LogP contribution in [0.1, 0.15) is 51.9 Å². The SMILES string of the molecule is COC1CCCCC(C2CC(O)OC(C)C2O)CCCO1. The van der Waals surface area contributed by atoms with Gasteiger partial charge in [-0.2, -0.15) is 0 Å². The number of rotatable bonds is 2. The molecule has 0 spiro atoms. The number of ether oxygens (including phenoxy) is 3. The van der Waals surface area contributed by atoms with Crippen molar-refractivity contribution >= 4 is 0 Å². The lowest BCUT2D eigenvalue weighted by molar-refractivity contribution is -0.221. The third-order valence-electron chi connectivity index (χ3n) is 4.92. The van der Waals surface area contributed by atoms with Gasteiger partial charge in [0.15, 0.2) is 12.6 Å². The van der Waals surface area contributed by atoms with E-state index in [2.05, 4.69) is 0 Å². The zero-order valence-electron chi connectivity index (χ0n) is 13.2. The van der Waals surface area contributed by atoms with Crippen LogP contribution < -0.4 is 0 Å². The third-order valence-corrected chi connectivity index (χ3v) is 4.92. The molecule has 5 heteroatoms. The first-order chi connectivity index (χ1) is 10.1. The van der Waals surface area contributed by atoms with E-state index in [9.17, 15) is 10.2 Å². The molecule has 0 amide bonds. The molecule has 0 aromatic carbocycles. The average Bonchev–Trinajstić information content (AvgIpc) is 2.48. The minimum absolute atomic E-state index is 0.0722. The van der Waals surface area contributed by atoms with Crippen LogP contribution in [-0.4, -0.2) is 48.7 Å². The van der Waals surface area contributed by atoms with E-state index in [0.29, 0.717) is 18.9 Å². The molecule has 6 atom stereocenters. The zero-order valence-corrected chi connectivity index (χ0v) is 13.2. The van der Waals surface area contributed by atoms with Crippen LogP contribution in [0.2, 0.25) is 0 Å². The maximum absolute atomic E-state index is 10.4. The summed E-state index contributed by atoms with van der Waals surface area (Å²) in [6.45, 7) is 2.54. The molecule has 2 saturated heterocycles. The van der Waals surface area contributed by atoms with Crippen LogP contribution >= 0.6 is 0 Å². The summed E-state index contributed by atoms with van der Waals surface area (Å²) in [6.07, 6.45) is 5.17. The molecule has 2 fully saturated rings. The van der Waals surface area contributed by atoms with Gasteiger partial charge in [0.25, 0.3) is 0 Å². The fourth-order valence-electron chi connectivity index (χ4n) is 3.70. The van der Waals surface area contributed by atoms with E-state index in [4.69, 9.17) is 14.2 Å². The van der Waals surface area contributed by atoms with Crippen LogP contribution in [0.3, 0.4) is 0 Å². The molecule has 2 aliphatic rings. The number of methoxy groups -OCH3 is 1. The molecule has 2 rings (SSSR count). The van der Waals surface area contributed by atoms with E-state index in [0.717, 1.165) is 38.5 Å². The van der Waals surface area contributed by atoms with Crippen LogP contribution in [0.5, 0.6) is 0 Å². The van der Waals surface area contributed by atoms with E-state index in [1.54, 1.807) is 7.11 Å². The molecule has 0 saturated carbocycles. The summed E-state index contributed by atoms with van der Waals surface area (Å²) >= 11 is 0. The van der Waals surface area contributed by atoms with E-state index < -0.39 is 12.4 Å². The lowest BCUT2D eigenvalue weighted by Crippen LogP contribution is -2.46. The number of hydrogen-bond acceptors (Lipinski definition) is 5. The predicted molar refractivity (Wildman–Crippen MR) is 78.6 cm³/mol. The molecule has 5 nitrogen and oxygen atoms in total. The fraction of sp³-hybridized carbons (Fsp3) is 1.00. The summed E-state index contributed by atoms with van der Waals surface area (Å²) in [7, 11) is 1.69. The Morgan fingerprint density at radius 2 is 1.76 bits per heavy atom. The fourth-order valence-corrected chi connectivity index (χ4v) is 3.70. The van der Waals surface area contributed by atoms with Gasteiger partial charge in [0.05, 0.1) is 12.2 Å². The predicted octanol–water partition coefficient (Wildman–Crippen LogP) is 2.05. The highest BCUT2D eigenvalue weighted by Crippen LogP contribution is 2.36. The van der Waals surface area contributed by atoms with Gasteiger partial charge in [0.2, 0.25) is 0 Å². The van der Waals surface area contributed by atoms with Gasteiger partial charge in [0, 0.05) is 20.1 Å². The van der Waals surface area contributed by atoms with E-state index in [1.165, 1.54) is 0 Å². The maximum Gasteiger partial charge on any atom is 0.157 e. The van der Waals surface area contributed by atoms with Crippen LogP contribution in [0, 0.1) is 11.8 Å². The van der Waals surface area contributed by atoms with Crippen molar-refractivity contribution in [1.29, 1.82) is 0 Å². The second kappa shape index (κ2) is 8.44. The molecule has 0 aromatic heterocycles. The molecule has 0 aromatic rings. The third kappa shape index (κ3) is 4.89. The molecule has 0 radical (unpaired) electrons. The van der Waals surface area contributed by atoms with Gasteiger partial charge in [0.1, 0.15) is 0 Å². The first kappa shape index (κ1) is 17.2. The van der Waals surface area contributed by atoms with Crippen LogP contribution in [0.25, 0.3) is 0 Å². The molecule has 0 bridgehead atoms. The summed E-state index contributed by atoms with van der Waals surface area (Å²) in [5, 5.41) is 20.2. The molecule has 2 heterocycles. The summed E-state index contributed by atoms with van der Waals surface area (Å²) < 4.78 is 16.3. The Morgan fingerprint density at radius 1 is 1.05 bits per heavy atom. The summed E-state index contributed by atoms with van der Waals surface area (Å²) in [4.78, 5) is 0. The van der Waals surface area contributed by atoms with Crippen molar-refractivity contribution in [2.24, 2.45) is 11.8 Å². The highest BCUT2D eigenvalue weighted by molar-refractivity contribution is 4.85. The Kier molecular flexibility index (Phi) is 6.89. The Hall–Kier alpha value is -0.200. The minimum Gasteiger partial charge on any atom is -0.390 e. The summed E-state index contributed by atoms with van der Waals surface area (Å²) in [5.74, 6) is 0.560. The maximum atomic E-state index is 10.4. The van der Waals surface area contributed by atoms with Crippen molar-refractivity contribution in [2.75, 3.05) is 13.7 Å². The van der Waals surface area contributed by atoms with E-state index in [-0.39, 0.29) is 18.3 Å². The van der Waals surface area contributed by atoms with Gasteiger partial charge < -0.3 is 24.4 Å². The first-order valence-electron chi connectivity index (χ1n) is 8.27. The first-order valence-corrected chi connectivity index (χ1v) is 8.27. The minimum atomic E-state index is -0.738. The lowest BCUT2D eigenvalue weighted by atomic mass is 9.76. The summed E-state index contributed by atoms with van der Waals surface area (Å²) in [6, 6.07) is 0. The standard InChI is InChI=1S/C16H30O5/c1-11-16(18)13(10-14(17)21-11)12-6-3-4-8-15(19-2)20-9-5-7-12/h11-18H,3-10H2,1-2H3. The quantitative estimate of drug-likeness (QED) is 0.817. The lowest BCUT2D eigenvalue weighted by Gasteiger charge is -2.40. The highest BCUT2D eigenvalue weighted by atomic mass is 16.7. The second-order valence-electron chi connectivity index (χ2n) is 6.41. The van der Waals surface area contributed by atoms with Crippen molar-refractivity contribution in [3.8, 4) is 0 Å². The Bertz CT molecular complexity index is 286. The van der Waals surface area contributed by atoms with Crippen LogP contribution in [-0.2, 0) is 14.2 Å². The van der Waals surface area contributed by atoms with Gasteiger partial charge >= 0.3 is 0 Å². The molecular weight excluding hydrogens is 272 g/mol. The Morgan fingerprint density at radius 3 is 2.52 bits per heavy atom. The Balaban J connectivity index is 1.91. The molecular formula is C16H30O5. The summed E-state index contributed by atoms with van der Waals surface area (Å²) in [5.41, 5.74) is 0. The van der Waals surface area contributed by atoms with Crippen molar-refractivity contribution in [2.45, 2.75) is 76.7 Å². The van der Waals surface area contributed by atoms with E-state index in [1.807, 2.05) is 6.92 Å². The largest absolute Gasteiger partial charge is 0.390 e. The number of hydrogen-bond donors (Lipinski definition) is 2. The molecule has 124 valence electrons. The van der Waals surface area contributed by atoms with Crippen molar-refractivity contribution in [3.05, 3.63) is 0 Å². The Labute approximate surface area is 127 Å².